The molecule has 0 heterocycles. The summed E-state index contributed by atoms with van der Waals surface area (Å²) in [6.07, 6.45) is 4.06. The van der Waals surface area contributed by atoms with Crippen LogP contribution in [0.25, 0.3) is 0 Å². The average Bonchev–Trinajstić information content (AvgIpc) is 3.03. The maximum atomic E-state index is 11.9. The highest BCUT2D eigenvalue weighted by atomic mass is 32.2. The molecule has 18 heavy (non-hydrogen) atoms. The summed E-state index contributed by atoms with van der Waals surface area (Å²) in [5.74, 6) is 0.609. The number of methoxy groups -OCH3 is 1. The molecular weight excluding hydrogens is 254 g/mol. The molecule has 0 aliphatic heterocycles. The van der Waals surface area contributed by atoms with E-state index in [2.05, 4.69) is 4.74 Å². The summed E-state index contributed by atoms with van der Waals surface area (Å²) in [6.45, 7) is 0. The van der Waals surface area contributed by atoms with Gasteiger partial charge in [0, 0.05) is 28.7 Å². The molecule has 0 spiro atoms. The van der Waals surface area contributed by atoms with E-state index in [4.69, 9.17) is 5.73 Å². The number of hydrogen-bond donors (Lipinski definition) is 1. The van der Waals surface area contributed by atoms with Crippen molar-refractivity contribution in [3.8, 4) is 0 Å². The fraction of sp³-hybridized carbons (Fsp3) is 0.833. The first-order chi connectivity index (χ1) is 8.47. The Morgan fingerprint density at radius 1 is 1.33 bits per heavy atom. The Morgan fingerprint density at radius 3 is 2.50 bits per heavy atom. The maximum Gasteiger partial charge on any atom is 0.306 e. The summed E-state index contributed by atoms with van der Waals surface area (Å²) in [4.78, 5) is 21.7. The zero-order valence-electron chi connectivity index (χ0n) is 10.8. The summed E-state index contributed by atoms with van der Waals surface area (Å²) in [6, 6.07) is 0. The molecule has 1 fully saturated rings. The molecule has 6 heteroatoms. The Bertz CT molecular complexity index is 339. The minimum atomic E-state index is -0.920. The van der Waals surface area contributed by atoms with Crippen LogP contribution < -0.4 is 5.73 Å². The van der Waals surface area contributed by atoms with Crippen molar-refractivity contribution in [1.29, 1.82) is 0 Å². The number of amides is 1. The van der Waals surface area contributed by atoms with Crippen LogP contribution in [0.5, 0.6) is 0 Å². The van der Waals surface area contributed by atoms with E-state index in [9.17, 15) is 13.8 Å². The van der Waals surface area contributed by atoms with Crippen molar-refractivity contribution in [2.75, 3.05) is 18.6 Å². The van der Waals surface area contributed by atoms with Crippen LogP contribution in [-0.2, 0) is 25.1 Å². The second-order valence-corrected chi connectivity index (χ2v) is 6.54. The lowest BCUT2D eigenvalue weighted by Gasteiger charge is -2.12. The lowest BCUT2D eigenvalue weighted by atomic mass is 10.1. The van der Waals surface area contributed by atoms with Crippen LogP contribution in [0.3, 0.4) is 0 Å². The van der Waals surface area contributed by atoms with E-state index in [1.807, 2.05) is 0 Å². The number of carbonyl (C=O) groups is 2. The fourth-order valence-corrected chi connectivity index (χ4v) is 3.65. The van der Waals surface area contributed by atoms with E-state index in [1.54, 1.807) is 0 Å². The summed E-state index contributed by atoms with van der Waals surface area (Å²) < 4.78 is 16.5. The standard InChI is InChI=1S/C12H21NO4S/c1-17-11(15)8-12(5-6-12)9-18(16)7-3-2-4-10(13)14/h2-9H2,1H3,(H2,13,14). The predicted molar refractivity (Wildman–Crippen MR) is 69.2 cm³/mol. The Kier molecular flexibility index (Phi) is 5.78. The number of ether oxygens (including phenoxy) is 1. The second kappa shape index (κ2) is 6.87. The van der Waals surface area contributed by atoms with Gasteiger partial charge in [-0.1, -0.05) is 0 Å². The molecule has 1 aliphatic carbocycles. The summed E-state index contributed by atoms with van der Waals surface area (Å²) in [5, 5.41) is 0. The van der Waals surface area contributed by atoms with Crippen LogP contribution >= 0.6 is 0 Å². The van der Waals surface area contributed by atoms with Crippen LogP contribution in [0.2, 0.25) is 0 Å². The van der Waals surface area contributed by atoms with Gasteiger partial charge in [-0.25, -0.2) is 0 Å². The number of carbonyl (C=O) groups excluding carboxylic acids is 2. The molecule has 1 rings (SSSR count). The smallest absolute Gasteiger partial charge is 0.306 e. The molecular formula is C12H21NO4S. The van der Waals surface area contributed by atoms with Crippen molar-refractivity contribution in [2.24, 2.45) is 11.1 Å². The van der Waals surface area contributed by atoms with Crippen LogP contribution in [-0.4, -0.2) is 34.7 Å². The Labute approximate surface area is 110 Å². The van der Waals surface area contributed by atoms with Crippen molar-refractivity contribution >= 4 is 22.7 Å². The van der Waals surface area contributed by atoms with Gasteiger partial charge >= 0.3 is 5.97 Å². The minimum absolute atomic E-state index is 0.0817. The molecule has 0 aromatic rings. The SMILES string of the molecule is COC(=O)CC1(CS(=O)CCCCC(N)=O)CC1. The zero-order chi connectivity index (χ0) is 13.6. The van der Waals surface area contributed by atoms with Gasteiger partial charge in [-0.2, -0.15) is 0 Å². The van der Waals surface area contributed by atoms with Crippen LogP contribution in [0.4, 0.5) is 0 Å². The quantitative estimate of drug-likeness (QED) is 0.496. The fourth-order valence-electron chi connectivity index (χ4n) is 1.90. The van der Waals surface area contributed by atoms with Gasteiger partial charge in [0.25, 0.3) is 0 Å². The van der Waals surface area contributed by atoms with Gasteiger partial charge in [-0.15, -0.1) is 0 Å². The Balaban J connectivity index is 2.19. The zero-order valence-corrected chi connectivity index (χ0v) is 11.6. The summed E-state index contributed by atoms with van der Waals surface area (Å²) in [7, 11) is 0.454. The van der Waals surface area contributed by atoms with Crippen molar-refractivity contribution in [1.82, 2.24) is 0 Å². The highest BCUT2D eigenvalue weighted by molar-refractivity contribution is 7.85. The summed E-state index contributed by atoms with van der Waals surface area (Å²) >= 11 is 0. The van der Waals surface area contributed by atoms with Crippen LogP contribution in [0.1, 0.15) is 38.5 Å². The molecule has 0 radical (unpaired) electrons. The maximum absolute atomic E-state index is 11.9. The number of unbranched alkanes of at least 4 members (excludes halogenated alkanes) is 1. The molecule has 1 aliphatic rings. The number of nitrogens with two attached hydrogens (primary N) is 1. The highest BCUT2D eigenvalue weighted by Gasteiger charge is 2.45. The molecule has 5 nitrogen and oxygen atoms in total. The summed E-state index contributed by atoms with van der Waals surface area (Å²) in [5.41, 5.74) is 4.94. The van der Waals surface area contributed by atoms with E-state index >= 15 is 0 Å². The molecule has 1 unspecified atom stereocenters. The molecule has 2 N–H and O–H groups in total. The third-order valence-electron chi connectivity index (χ3n) is 3.22. The van der Waals surface area contributed by atoms with Crippen molar-refractivity contribution in [2.45, 2.75) is 38.5 Å². The van der Waals surface area contributed by atoms with E-state index in [-0.39, 0.29) is 17.3 Å². The molecule has 0 aromatic heterocycles. The Morgan fingerprint density at radius 2 is 2.00 bits per heavy atom. The van der Waals surface area contributed by atoms with E-state index < -0.39 is 10.8 Å². The molecule has 0 aromatic carbocycles. The number of rotatable bonds is 9. The first-order valence-corrected chi connectivity index (χ1v) is 7.66. The van der Waals surface area contributed by atoms with Gasteiger partial charge < -0.3 is 10.5 Å². The first kappa shape index (κ1) is 15.1. The minimum Gasteiger partial charge on any atom is -0.469 e. The normalized spacial score (nSPS) is 18.1. The molecule has 0 saturated heterocycles. The van der Waals surface area contributed by atoms with Crippen LogP contribution in [0.15, 0.2) is 0 Å². The van der Waals surface area contributed by atoms with Gasteiger partial charge in [-0.3, -0.25) is 13.8 Å². The van der Waals surface area contributed by atoms with Gasteiger partial charge in [0.2, 0.25) is 5.91 Å². The number of esters is 1. The van der Waals surface area contributed by atoms with Gasteiger partial charge in [-0.05, 0) is 31.1 Å². The molecule has 1 atom stereocenters. The molecule has 1 amide bonds. The predicted octanol–water partition coefficient (Wildman–Crippen LogP) is 0.734. The third kappa shape index (κ3) is 5.62. The largest absolute Gasteiger partial charge is 0.469 e. The van der Waals surface area contributed by atoms with Crippen molar-refractivity contribution in [3.63, 3.8) is 0 Å². The highest BCUT2D eigenvalue weighted by Crippen LogP contribution is 2.49. The van der Waals surface area contributed by atoms with Crippen molar-refractivity contribution in [3.05, 3.63) is 0 Å². The van der Waals surface area contributed by atoms with Gasteiger partial charge in [0.05, 0.1) is 13.5 Å². The van der Waals surface area contributed by atoms with E-state index in [0.29, 0.717) is 30.8 Å². The topological polar surface area (TPSA) is 86.5 Å². The lowest BCUT2D eigenvalue weighted by Crippen LogP contribution is -2.19. The van der Waals surface area contributed by atoms with E-state index in [1.165, 1.54) is 7.11 Å². The molecule has 104 valence electrons. The van der Waals surface area contributed by atoms with Crippen molar-refractivity contribution < 1.29 is 18.5 Å². The third-order valence-corrected chi connectivity index (χ3v) is 4.89. The second-order valence-electron chi connectivity index (χ2n) is 4.96. The van der Waals surface area contributed by atoms with Crippen LogP contribution in [0, 0.1) is 5.41 Å². The average molecular weight is 275 g/mol. The molecule has 1 saturated carbocycles. The van der Waals surface area contributed by atoms with Gasteiger partial charge in [0.1, 0.15) is 0 Å². The van der Waals surface area contributed by atoms with Gasteiger partial charge in [0.15, 0.2) is 0 Å². The monoisotopic (exact) mass is 275 g/mol. The first-order valence-electron chi connectivity index (χ1n) is 6.17. The van der Waals surface area contributed by atoms with E-state index in [0.717, 1.165) is 19.3 Å². The lowest BCUT2D eigenvalue weighted by molar-refractivity contribution is -0.141. The Hall–Kier alpha value is -0.910. The molecule has 0 bridgehead atoms. The number of primary amides is 1. The number of hydrogen-bond acceptors (Lipinski definition) is 4.